The van der Waals surface area contributed by atoms with E-state index in [0.29, 0.717) is 6.42 Å². The Bertz CT molecular complexity index is 671. The van der Waals surface area contributed by atoms with Crippen LogP contribution in [0.1, 0.15) is 30.9 Å². The van der Waals surface area contributed by atoms with E-state index in [-0.39, 0.29) is 11.8 Å². The molecule has 2 aromatic heterocycles. The zero-order chi connectivity index (χ0) is 12.8. The highest BCUT2D eigenvalue weighted by Crippen LogP contribution is 2.39. The van der Waals surface area contributed by atoms with Gasteiger partial charge in [0.15, 0.2) is 5.78 Å². The van der Waals surface area contributed by atoms with Crippen LogP contribution in [0.4, 0.5) is 5.95 Å². The number of hydrogen-bond acceptors (Lipinski definition) is 5. The van der Waals surface area contributed by atoms with Crippen LogP contribution in [-0.4, -0.2) is 20.5 Å². The van der Waals surface area contributed by atoms with E-state index in [0.717, 1.165) is 35.6 Å². The van der Waals surface area contributed by atoms with Crippen molar-refractivity contribution in [2.75, 3.05) is 5.32 Å². The molecule has 0 saturated heterocycles. The van der Waals surface area contributed by atoms with Crippen LogP contribution in [0.15, 0.2) is 34.4 Å². The number of nitrogens with zero attached hydrogens (tertiary/aromatic N) is 3. The Morgan fingerprint density at radius 3 is 3.21 bits per heavy atom. The standard InChI is InChI=1S/C13H12N4OS/c18-10-3-1-2-9-11(10)12(8-4-5-19-6-8)17-13(16-9)14-7-15-17/h4-7,12H,1-3H2,(H,14,15,16)/t12-/m0/s1. The van der Waals surface area contributed by atoms with Gasteiger partial charge in [0.05, 0.1) is 0 Å². The van der Waals surface area contributed by atoms with Crippen molar-refractivity contribution in [1.82, 2.24) is 14.8 Å². The molecule has 0 saturated carbocycles. The highest BCUT2D eigenvalue weighted by atomic mass is 32.1. The van der Waals surface area contributed by atoms with Gasteiger partial charge in [-0.25, -0.2) is 4.68 Å². The van der Waals surface area contributed by atoms with E-state index in [1.54, 1.807) is 11.3 Å². The maximum absolute atomic E-state index is 12.3. The Morgan fingerprint density at radius 1 is 1.42 bits per heavy atom. The van der Waals surface area contributed by atoms with Crippen LogP contribution in [-0.2, 0) is 4.79 Å². The summed E-state index contributed by atoms with van der Waals surface area (Å²) in [4.78, 5) is 16.5. The molecule has 6 heteroatoms. The number of hydrogen-bond donors (Lipinski definition) is 1. The number of allylic oxidation sites excluding steroid dienone is 2. The van der Waals surface area contributed by atoms with Crippen molar-refractivity contribution in [3.63, 3.8) is 0 Å². The molecule has 96 valence electrons. The monoisotopic (exact) mass is 272 g/mol. The van der Waals surface area contributed by atoms with Gasteiger partial charge < -0.3 is 5.32 Å². The fourth-order valence-electron chi connectivity index (χ4n) is 2.83. The first-order valence-corrected chi connectivity index (χ1v) is 7.24. The second-order valence-electron chi connectivity index (χ2n) is 4.78. The average molecular weight is 272 g/mol. The van der Waals surface area contributed by atoms with Gasteiger partial charge in [0.2, 0.25) is 5.95 Å². The van der Waals surface area contributed by atoms with Gasteiger partial charge in [0.1, 0.15) is 12.4 Å². The molecule has 0 amide bonds. The average Bonchev–Trinajstić information content (AvgIpc) is 3.07. The maximum atomic E-state index is 12.3. The molecule has 19 heavy (non-hydrogen) atoms. The summed E-state index contributed by atoms with van der Waals surface area (Å²) < 4.78 is 1.81. The smallest absolute Gasteiger partial charge is 0.226 e. The molecule has 0 bridgehead atoms. The van der Waals surface area contributed by atoms with E-state index in [9.17, 15) is 4.79 Å². The van der Waals surface area contributed by atoms with Crippen LogP contribution < -0.4 is 5.32 Å². The minimum Gasteiger partial charge on any atom is -0.328 e. The summed E-state index contributed by atoms with van der Waals surface area (Å²) in [5.74, 6) is 0.954. The van der Waals surface area contributed by atoms with Crippen molar-refractivity contribution in [2.24, 2.45) is 0 Å². The Kier molecular flexibility index (Phi) is 2.32. The molecule has 4 rings (SSSR count). The van der Waals surface area contributed by atoms with E-state index in [1.807, 2.05) is 10.1 Å². The molecular formula is C13H12N4OS. The number of aromatic nitrogens is 3. The SMILES string of the molecule is O=C1CCCC2=C1[C@H](c1ccsc1)n1ncnc1N2. The summed E-state index contributed by atoms with van der Waals surface area (Å²) in [5.41, 5.74) is 3.00. The number of fused-ring (bicyclic) bond motifs is 1. The molecular weight excluding hydrogens is 260 g/mol. The molecule has 1 aliphatic heterocycles. The van der Waals surface area contributed by atoms with Crippen molar-refractivity contribution in [1.29, 1.82) is 0 Å². The Morgan fingerprint density at radius 2 is 2.37 bits per heavy atom. The van der Waals surface area contributed by atoms with Crippen LogP contribution in [0.25, 0.3) is 0 Å². The van der Waals surface area contributed by atoms with Crippen molar-refractivity contribution in [3.05, 3.63) is 40.0 Å². The molecule has 1 aliphatic carbocycles. The topological polar surface area (TPSA) is 59.8 Å². The van der Waals surface area contributed by atoms with Gasteiger partial charge in [-0.3, -0.25) is 4.79 Å². The number of ketones is 1. The van der Waals surface area contributed by atoms with E-state index in [1.165, 1.54) is 6.33 Å². The highest BCUT2D eigenvalue weighted by molar-refractivity contribution is 7.08. The minimum absolute atomic E-state index is 0.118. The normalized spacial score (nSPS) is 21.9. The van der Waals surface area contributed by atoms with Gasteiger partial charge in [-0.2, -0.15) is 21.4 Å². The van der Waals surface area contributed by atoms with Crippen molar-refractivity contribution >= 4 is 23.1 Å². The molecule has 0 fully saturated rings. The zero-order valence-electron chi connectivity index (χ0n) is 10.2. The second-order valence-corrected chi connectivity index (χ2v) is 5.56. The number of carbonyl (C=O) groups is 1. The molecule has 5 nitrogen and oxygen atoms in total. The number of carbonyl (C=O) groups excluding carboxylic acids is 1. The van der Waals surface area contributed by atoms with E-state index < -0.39 is 0 Å². The number of nitrogens with one attached hydrogen (secondary N) is 1. The number of thiophene rings is 1. The van der Waals surface area contributed by atoms with E-state index >= 15 is 0 Å². The highest BCUT2D eigenvalue weighted by Gasteiger charge is 2.35. The quantitative estimate of drug-likeness (QED) is 0.865. The number of anilines is 1. The third-order valence-electron chi connectivity index (χ3n) is 3.67. The van der Waals surface area contributed by atoms with Crippen molar-refractivity contribution < 1.29 is 4.79 Å². The lowest BCUT2D eigenvalue weighted by Crippen LogP contribution is -2.31. The zero-order valence-corrected chi connectivity index (χ0v) is 11.0. The summed E-state index contributed by atoms with van der Waals surface area (Å²) in [5, 5.41) is 11.6. The Balaban J connectivity index is 1.93. The molecule has 0 spiro atoms. The van der Waals surface area contributed by atoms with Gasteiger partial charge >= 0.3 is 0 Å². The van der Waals surface area contributed by atoms with Crippen LogP contribution >= 0.6 is 11.3 Å². The first-order valence-electron chi connectivity index (χ1n) is 6.29. The lowest BCUT2D eigenvalue weighted by atomic mass is 9.86. The summed E-state index contributed by atoms with van der Waals surface area (Å²) in [6.45, 7) is 0. The largest absolute Gasteiger partial charge is 0.328 e. The van der Waals surface area contributed by atoms with Gasteiger partial charge in [-0.15, -0.1) is 0 Å². The second kappa shape index (κ2) is 4.03. The molecule has 0 radical (unpaired) electrons. The summed E-state index contributed by atoms with van der Waals surface area (Å²) >= 11 is 1.64. The lowest BCUT2D eigenvalue weighted by molar-refractivity contribution is -0.116. The summed E-state index contributed by atoms with van der Waals surface area (Å²) in [7, 11) is 0. The molecule has 2 aromatic rings. The van der Waals surface area contributed by atoms with Crippen LogP contribution in [0, 0.1) is 0 Å². The molecule has 2 aliphatic rings. The fourth-order valence-corrected chi connectivity index (χ4v) is 3.51. The van der Waals surface area contributed by atoms with Crippen LogP contribution in [0.5, 0.6) is 0 Å². The molecule has 0 aromatic carbocycles. The first kappa shape index (κ1) is 10.9. The third kappa shape index (κ3) is 1.56. The van der Waals surface area contributed by atoms with Gasteiger partial charge in [-0.05, 0) is 35.2 Å². The van der Waals surface area contributed by atoms with Crippen LogP contribution in [0.2, 0.25) is 0 Å². The Hall–Kier alpha value is -1.95. The third-order valence-corrected chi connectivity index (χ3v) is 4.37. The van der Waals surface area contributed by atoms with Crippen molar-refractivity contribution in [2.45, 2.75) is 25.3 Å². The summed E-state index contributed by atoms with van der Waals surface area (Å²) in [6.07, 6.45) is 3.99. The van der Waals surface area contributed by atoms with E-state index in [2.05, 4.69) is 26.8 Å². The predicted octanol–water partition coefficient (Wildman–Crippen LogP) is 2.36. The first-order chi connectivity index (χ1) is 9.34. The molecule has 3 heterocycles. The Labute approximate surface area is 114 Å². The molecule has 0 unspecified atom stereocenters. The van der Waals surface area contributed by atoms with E-state index in [4.69, 9.17) is 0 Å². The number of Topliss-reactive ketones (excluding diaryl/α,β-unsaturated/α-hetero) is 1. The van der Waals surface area contributed by atoms with Crippen molar-refractivity contribution in [3.8, 4) is 0 Å². The van der Waals surface area contributed by atoms with Gasteiger partial charge in [0, 0.05) is 17.7 Å². The van der Waals surface area contributed by atoms with Crippen LogP contribution in [0.3, 0.4) is 0 Å². The molecule has 1 atom stereocenters. The lowest BCUT2D eigenvalue weighted by Gasteiger charge is -2.31. The predicted molar refractivity (Wildman–Crippen MR) is 72.0 cm³/mol. The number of rotatable bonds is 1. The maximum Gasteiger partial charge on any atom is 0.226 e. The van der Waals surface area contributed by atoms with Gasteiger partial charge in [0.25, 0.3) is 0 Å². The summed E-state index contributed by atoms with van der Waals surface area (Å²) in [6, 6.07) is 1.94. The fraction of sp³-hybridized carbons (Fsp3) is 0.308. The minimum atomic E-state index is -0.118. The van der Waals surface area contributed by atoms with Gasteiger partial charge in [-0.1, -0.05) is 0 Å². The molecule has 1 N–H and O–H groups in total.